The molecule has 0 atom stereocenters. The third kappa shape index (κ3) is 5.70. The van der Waals surface area contributed by atoms with Gasteiger partial charge in [-0.2, -0.15) is 0 Å². The Kier molecular flexibility index (Phi) is 5.92. The van der Waals surface area contributed by atoms with Gasteiger partial charge in [-0.1, -0.05) is 11.6 Å². The van der Waals surface area contributed by atoms with Crippen molar-refractivity contribution in [3.8, 4) is 0 Å². The molecule has 0 bridgehead atoms. The van der Waals surface area contributed by atoms with E-state index in [1.54, 1.807) is 4.90 Å². The van der Waals surface area contributed by atoms with E-state index < -0.39 is 0 Å². The Morgan fingerprint density at radius 1 is 1.17 bits per heavy atom. The minimum atomic E-state index is -0.253. The van der Waals surface area contributed by atoms with Crippen molar-refractivity contribution >= 4 is 34.9 Å². The first-order chi connectivity index (χ1) is 10.7. The fraction of sp³-hybridized carbons (Fsp3) is 0.625. The van der Waals surface area contributed by atoms with Crippen LogP contribution < -0.4 is 5.32 Å². The molecule has 1 aliphatic rings. The first-order valence-electron chi connectivity index (χ1n) is 7.84. The van der Waals surface area contributed by atoms with Crippen LogP contribution in [0.2, 0.25) is 4.34 Å². The summed E-state index contributed by atoms with van der Waals surface area (Å²) in [5.74, 6) is 0.0987. The zero-order valence-corrected chi connectivity index (χ0v) is 15.5. The predicted molar refractivity (Wildman–Crippen MR) is 94.1 cm³/mol. The van der Waals surface area contributed by atoms with Crippen LogP contribution in [0.3, 0.4) is 0 Å². The molecule has 0 spiro atoms. The van der Waals surface area contributed by atoms with Crippen LogP contribution in [0.4, 0.5) is 4.79 Å². The Hall–Kier alpha value is -1.27. The lowest BCUT2D eigenvalue weighted by atomic mass is 10.1. The molecule has 23 heavy (non-hydrogen) atoms. The van der Waals surface area contributed by atoms with E-state index in [9.17, 15) is 9.59 Å². The molecule has 1 fully saturated rings. The molecule has 7 heteroatoms. The van der Waals surface area contributed by atoms with Gasteiger partial charge in [0.05, 0.1) is 10.8 Å². The minimum Gasteiger partial charge on any atom is -0.341 e. The summed E-state index contributed by atoms with van der Waals surface area (Å²) in [5, 5.41) is 2.97. The lowest BCUT2D eigenvalue weighted by Gasteiger charge is -2.27. The van der Waals surface area contributed by atoms with E-state index in [4.69, 9.17) is 11.6 Å². The third-order valence-electron chi connectivity index (χ3n) is 3.57. The van der Waals surface area contributed by atoms with Gasteiger partial charge in [0.25, 0.3) is 0 Å². The molecule has 0 saturated carbocycles. The maximum atomic E-state index is 12.4. The summed E-state index contributed by atoms with van der Waals surface area (Å²) in [6, 6.07) is 3.65. The SMILES string of the molecule is CC(C)(C)NC(=O)N1CCCN(C(=O)Cc2ccc(Cl)s2)CC1. The molecule has 1 aliphatic heterocycles. The number of halogens is 1. The van der Waals surface area contributed by atoms with E-state index in [1.165, 1.54) is 11.3 Å². The molecule has 1 aromatic rings. The molecule has 5 nitrogen and oxygen atoms in total. The third-order valence-corrected chi connectivity index (χ3v) is 4.80. The van der Waals surface area contributed by atoms with E-state index in [0.29, 0.717) is 36.9 Å². The molecule has 2 heterocycles. The van der Waals surface area contributed by atoms with E-state index in [2.05, 4.69) is 5.32 Å². The molecule has 0 aliphatic carbocycles. The topological polar surface area (TPSA) is 52.7 Å². The summed E-state index contributed by atoms with van der Waals surface area (Å²) < 4.78 is 0.702. The largest absolute Gasteiger partial charge is 0.341 e. The normalized spacial score (nSPS) is 16.2. The quantitative estimate of drug-likeness (QED) is 0.884. The molecule has 0 unspecified atom stereocenters. The van der Waals surface area contributed by atoms with Crippen molar-refractivity contribution in [1.29, 1.82) is 0 Å². The smallest absolute Gasteiger partial charge is 0.317 e. The molecule has 2 rings (SSSR count). The number of amides is 3. The summed E-state index contributed by atoms with van der Waals surface area (Å²) in [6.45, 7) is 8.41. The van der Waals surface area contributed by atoms with Crippen LogP contribution in [0.25, 0.3) is 0 Å². The summed E-state index contributed by atoms with van der Waals surface area (Å²) in [6.07, 6.45) is 1.18. The van der Waals surface area contributed by atoms with Crippen molar-refractivity contribution in [2.45, 2.75) is 39.2 Å². The van der Waals surface area contributed by atoms with Gasteiger partial charge in [0.2, 0.25) is 5.91 Å². The Morgan fingerprint density at radius 3 is 2.43 bits per heavy atom. The number of rotatable bonds is 2. The van der Waals surface area contributed by atoms with Crippen LogP contribution in [0.15, 0.2) is 12.1 Å². The van der Waals surface area contributed by atoms with Gasteiger partial charge in [-0.15, -0.1) is 11.3 Å². The Morgan fingerprint density at radius 2 is 1.83 bits per heavy atom. The van der Waals surface area contributed by atoms with Crippen molar-refractivity contribution in [2.75, 3.05) is 26.2 Å². The predicted octanol–water partition coefficient (Wildman–Crippen LogP) is 2.99. The van der Waals surface area contributed by atoms with Crippen molar-refractivity contribution in [3.05, 3.63) is 21.3 Å². The van der Waals surface area contributed by atoms with Crippen molar-refractivity contribution in [1.82, 2.24) is 15.1 Å². The number of nitrogens with zero attached hydrogens (tertiary/aromatic N) is 2. The summed E-state index contributed by atoms with van der Waals surface area (Å²) >= 11 is 7.35. The van der Waals surface area contributed by atoms with Crippen LogP contribution in [-0.2, 0) is 11.2 Å². The fourth-order valence-electron chi connectivity index (χ4n) is 2.48. The van der Waals surface area contributed by atoms with E-state index >= 15 is 0 Å². The summed E-state index contributed by atoms with van der Waals surface area (Å²) in [5.41, 5.74) is -0.253. The van der Waals surface area contributed by atoms with E-state index in [0.717, 1.165) is 11.3 Å². The standard InChI is InChI=1S/C16H24ClN3O2S/c1-16(2,3)18-15(22)20-8-4-7-19(9-10-20)14(21)11-12-5-6-13(17)23-12/h5-6H,4,7-11H2,1-3H3,(H,18,22). The average Bonchev–Trinajstić information content (AvgIpc) is 2.71. The van der Waals surface area contributed by atoms with Gasteiger partial charge >= 0.3 is 6.03 Å². The van der Waals surface area contributed by atoms with E-state index in [-0.39, 0.29) is 17.5 Å². The fourth-order valence-corrected chi connectivity index (χ4v) is 3.56. The summed E-state index contributed by atoms with van der Waals surface area (Å²) in [4.78, 5) is 29.3. The first kappa shape index (κ1) is 18.1. The monoisotopic (exact) mass is 357 g/mol. The molecular formula is C16H24ClN3O2S. The number of carbonyl (C=O) groups is 2. The lowest BCUT2D eigenvalue weighted by Crippen LogP contribution is -2.49. The highest BCUT2D eigenvalue weighted by Gasteiger charge is 2.24. The number of hydrogen-bond donors (Lipinski definition) is 1. The molecule has 1 N–H and O–H groups in total. The molecule has 0 aromatic carbocycles. The first-order valence-corrected chi connectivity index (χ1v) is 9.03. The minimum absolute atomic E-state index is 0.0585. The highest BCUT2D eigenvalue weighted by Crippen LogP contribution is 2.22. The van der Waals surface area contributed by atoms with Crippen LogP contribution >= 0.6 is 22.9 Å². The van der Waals surface area contributed by atoms with Gasteiger partial charge in [0.1, 0.15) is 0 Å². The molecule has 128 valence electrons. The van der Waals surface area contributed by atoms with Gasteiger partial charge in [-0.25, -0.2) is 4.79 Å². The zero-order valence-electron chi connectivity index (χ0n) is 13.9. The maximum absolute atomic E-state index is 12.4. The van der Waals surface area contributed by atoms with Crippen molar-refractivity contribution in [3.63, 3.8) is 0 Å². The second-order valence-electron chi connectivity index (χ2n) is 6.78. The second-order valence-corrected chi connectivity index (χ2v) is 8.58. The van der Waals surface area contributed by atoms with Gasteiger partial charge in [0.15, 0.2) is 0 Å². The number of hydrogen-bond acceptors (Lipinski definition) is 3. The molecule has 0 radical (unpaired) electrons. The maximum Gasteiger partial charge on any atom is 0.317 e. The lowest BCUT2D eigenvalue weighted by molar-refractivity contribution is -0.130. The highest BCUT2D eigenvalue weighted by molar-refractivity contribution is 7.16. The van der Waals surface area contributed by atoms with Gasteiger partial charge in [-0.3, -0.25) is 4.79 Å². The van der Waals surface area contributed by atoms with Crippen molar-refractivity contribution in [2.24, 2.45) is 0 Å². The van der Waals surface area contributed by atoms with E-state index in [1.807, 2.05) is 37.8 Å². The zero-order chi connectivity index (χ0) is 17.0. The Balaban J connectivity index is 1.88. The van der Waals surface area contributed by atoms with Crippen LogP contribution in [-0.4, -0.2) is 53.5 Å². The number of carbonyl (C=O) groups excluding carboxylic acids is 2. The second kappa shape index (κ2) is 7.53. The molecular weight excluding hydrogens is 334 g/mol. The van der Waals surface area contributed by atoms with Crippen LogP contribution in [0, 0.1) is 0 Å². The van der Waals surface area contributed by atoms with Crippen molar-refractivity contribution < 1.29 is 9.59 Å². The van der Waals surface area contributed by atoms with Crippen LogP contribution in [0.5, 0.6) is 0 Å². The average molecular weight is 358 g/mol. The number of thiophene rings is 1. The Labute approximate surface area is 146 Å². The number of urea groups is 1. The van der Waals surface area contributed by atoms with Gasteiger partial charge in [-0.05, 0) is 39.3 Å². The Bertz CT molecular complexity index is 568. The summed E-state index contributed by atoms with van der Waals surface area (Å²) in [7, 11) is 0. The molecule has 1 aromatic heterocycles. The van der Waals surface area contributed by atoms with Crippen LogP contribution in [0.1, 0.15) is 32.1 Å². The molecule has 1 saturated heterocycles. The highest BCUT2D eigenvalue weighted by atomic mass is 35.5. The number of nitrogens with one attached hydrogen (secondary N) is 1. The van der Waals surface area contributed by atoms with Gasteiger partial charge < -0.3 is 15.1 Å². The molecule has 3 amide bonds. The van der Waals surface area contributed by atoms with Gasteiger partial charge in [0, 0.05) is 36.6 Å².